The zero-order valence-electron chi connectivity index (χ0n) is 14.1. The molecule has 0 radical (unpaired) electrons. The average molecular weight is 302 g/mol. The van der Waals surface area contributed by atoms with Crippen molar-refractivity contribution in [2.75, 3.05) is 6.67 Å². The van der Waals surface area contributed by atoms with Crippen LogP contribution < -0.4 is 0 Å². The van der Waals surface area contributed by atoms with Gasteiger partial charge in [-0.05, 0) is 74.3 Å². The molecule has 0 spiro atoms. The van der Waals surface area contributed by atoms with Gasteiger partial charge in [-0.3, -0.25) is 4.39 Å². The Morgan fingerprint density at radius 3 is 2.41 bits per heavy atom. The Bertz CT molecular complexity index is 424. The molecule has 2 rings (SSSR count). The van der Waals surface area contributed by atoms with E-state index >= 15 is 0 Å². The lowest BCUT2D eigenvalue weighted by atomic mass is 9.77. The molecule has 1 fully saturated rings. The molecule has 0 aliphatic heterocycles. The van der Waals surface area contributed by atoms with E-state index in [0.29, 0.717) is 6.42 Å². The van der Waals surface area contributed by atoms with E-state index in [4.69, 9.17) is 0 Å². The number of aryl methyl sites for hydroxylation is 1. The summed E-state index contributed by atoms with van der Waals surface area (Å²) in [6, 6.07) is 9.34. The second-order valence-electron chi connectivity index (χ2n) is 6.75. The first kappa shape index (κ1) is 17.2. The number of alkyl halides is 1. The van der Waals surface area contributed by atoms with Crippen LogP contribution in [0, 0.1) is 5.92 Å². The fourth-order valence-electron chi connectivity index (χ4n) is 3.58. The van der Waals surface area contributed by atoms with Crippen molar-refractivity contribution in [3.05, 3.63) is 47.5 Å². The van der Waals surface area contributed by atoms with Gasteiger partial charge in [0, 0.05) is 0 Å². The maximum absolute atomic E-state index is 12.0. The monoisotopic (exact) mass is 302 g/mol. The van der Waals surface area contributed by atoms with E-state index in [0.717, 1.165) is 18.3 Å². The van der Waals surface area contributed by atoms with Gasteiger partial charge in [-0.25, -0.2) is 0 Å². The Labute approximate surface area is 135 Å². The first-order valence-corrected chi connectivity index (χ1v) is 9.13. The number of rotatable bonds is 8. The number of unbranched alkanes of at least 4 members (excludes halogenated alkanes) is 1. The molecule has 0 nitrogen and oxygen atoms in total. The zero-order valence-corrected chi connectivity index (χ0v) is 14.1. The summed E-state index contributed by atoms with van der Waals surface area (Å²) in [5.41, 5.74) is 3.01. The van der Waals surface area contributed by atoms with Crippen molar-refractivity contribution in [1.82, 2.24) is 0 Å². The third-order valence-corrected chi connectivity index (χ3v) is 4.98. The third kappa shape index (κ3) is 5.59. The third-order valence-electron chi connectivity index (χ3n) is 4.98. The van der Waals surface area contributed by atoms with Crippen LogP contribution in [-0.4, -0.2) is 6.67 Å². The van der Waals surface area contributed by atoms with E-state index in [1.807, 2.05) is 0 Å². The van der Waals surface area contributed by atoms with Crippen LogP contribution in [0.2, 0.25) is 0 Å². The van der Waals surface area contributed by atoms with E-state index < -0.39 is 0 Å². The van der Waals surface area contributed by atoms with Gasteiger partial charge >= 0.3 is 0 Å². The van der Waals surface area contributed by atoms with E-state index in [-0.39, 0.29) is 6.67 Å². The minimum Gasteiger partial charge on any atom is -0.251 e. The van der Waals surface area contributed by atoms with Crippen molar-refractivity contribution in [3.8, 4) is 0 Å². The molecule has 1 saturated carbocycles. The van der Waals surface area contributed by atoms with Gasteiger partial charge in [0.2, 0.25) is 0 Å². The predicted molar refractivity (Wildman–Crippen MR) is 94.1 cm³/mol. The van der Waals surface area contributed by atoms with E-state index in [1.165, 1.54) is 56.1 Å². The van der Waals surface area contributed by atoms with Gasteiger partial charge in [0.15, 0.2) is 0 Å². The Morgan fingerprint density at radius 1 is 1.05 bits per heavy atom. The van der Waals surface area contributed by atoms with Gasteiger partial charge in [0.05, 0.1) is 6.67 Å². The van der Waals surface area contributed by atoms with E-state index in [1.54, 1.807) is 0 Å². The summed E-state index contributed by atoms with van der Waals surface area (Å²) in [4.78, 5) is 0. The highest BCUT2D eigenvalue weighted by atomic mass is 19.1. The van der Waals surface area contributed by atoms with Crippen molar-refractivity contribution in [2.45, 2.75) is 70.6 Å². The number of hydrogen-bond donors (Lipinski definition) is 0. The standard InChI is InChI=1S/C21H31F/c1-2-7-18-9-13-20(14-10-18)21-15-11-19(12-16-21)8-5-3-4-6-17-22/h3,5,9-10,13-14,19,21H,2,4,6-8,11-12,15-17H2,1H3/b5-3+. The van der Waals surface area contributed by atoms with Crippen LogP contribution in [0.15, 0.2) is 36.4 Å². The molecule has 0 bridgehead atoms. The predicted octanol–water partition coefficient (Wildman–Crippen LogP) is 6.61. The van der Waals surface area contributed by atoms with Crippen LogP contribution in [-0.2, 0) is 6.42 Å². The topological polar surface area (TPSA) is 0 Å². The Kier molecular flexibility index (Phi) is 7.70. The minimum absolute atomic E-state index is 0.188. The first-order chi connectivity index (χ1) is 10.8. The number of halogens is 1. The molecule has 1 aliphatic carbocycles. The Balaban J connectivity index is 1.73. The number of hydrogen-bond acceptors (Lipinski definition) is 0. The molecule has 1 aromatic carbocycles. The molecule has 1 aromatic rings. The van der Waals surface area contributed by atoms with Gasteiger partial charge in [-0.2, -0.15) is 0 Å². The Hall–Kier alpha value is -1.11. The summed E-state index contributed by atoms with van der Waals surface area (Å²) in [7, 11) is 0. The fourth-order valence-corrected chi connectivity index (χ4v) is 3.58. The molecule has 0 saturated heterocycles. The van der Waals surface area contributed by atoms with Crippen molar-refractivity contribution < 1.29 is 4.39 Å². The molecule has 0 heterocycles. The molecule has 0 N–H and O–H groups in total. The van der Waals surface area contributed by atoms with Crippen LogP contribution in [0.3, 0.4) is 0 Å². The highest BCUT2D eigenvalue weighted by Gasteiger charge is 2.21. The summed E-state index contributed by atoms with van der Waals surface area (Å²) in [5.74, 6) is 1.61. The molecule has 0 atom stereocenters. The van der Waals surface area contributed by atoms with Crippen LogP contribution in [0.1, 0.15) is 75.3 Å². The van der Waals surface area contributed by atoms with Crippen molar-refractivity contribution in [2.24, 2.45) is 5.92 Å². The zero-order chi connectivity index (χ0) is 15.6. The van der Waals surface area contributed by atoms with Crippen LogP contribution in [0.5, 0.6) is 0 Å². The summed E-state index contributed by atoms with van der Waals surface area (Å²) in [6.45, 7) is 2.05. The molecular weight excluding hydrogens is 271 g/mol. The Morgan fingerprint density at radius 2 is 1.77 bits per heavy atom. The minimum atomic E-state index is -0.188. The normalized spacial score (nSPS) is 22.3. The van der Waals surface area contributed by atoms with E-state index in [2.05, 4.69) is 43.3 Å². The van der Waals surface area contributed by atoms with Gasteiger partial charge in [-0.15, -0.1) is 0 Å². The average Bonchev–Trinajstić information content (AvgIpc) is 2.56. The lowest BCUT2D eigenvalue weighted by Crippen LogP contribution is -2.12. The number of benzene rings is 1. The fraction of sp³-hybridized carbons (Fsp3) is 0.619. The lowest BCUT2D eigenvalue weighted by molar-refractivity contribution is 0.328. The summed E-state index contributed by atoms with van der Waals surface area (Å²) in [5, 5.41) is 0. The molecule has 22 heavy (non-hydrogen) atoms. The molecule has 0 aromatic heterocycles. The van der Waals surface area contributed by atoms with Gasteiger partial charge in [0.1, 0.15) is 0 Å². The van der Waals surface area contributed by atoms with Crippen molar-refractivity contribution in [3.63, 3.8) is 0 Å². The van der Waals surface area contributed by atoms with Crippen LogP contribution in [0.25, 0.3) is 0 Å². The highest BCUT2D eigenvalue weighted by molar-refractivity contribution is 5.25. The van der Waals surface area contributed by atoms with Crippen molar-refractivity contribution >= 4 is 0 Å². The largest absolute Gasteiger partial charge is 0.251 e. The molecule has 1 heteroatoms. The quantitative estimate of drug-likeness (QED) is 0.374. The second kappa shape index (κ2) is 9.82. The summed E-state index contributed by atoms with van der Waals surface area (Å²) < 4.78 is 12.0. The maximum atomic E-state index is 12.0. The molecule has 122 valence electrons. The highest BCUT2D eigenvalue weighted by Crippen LogP contribution is 2.37. The van der Waals surface area contributed by atoms with Gasteiger partial charge in [0.25, 0.3) is 0 Å². The summed E-state index contributed by atoms with van der Waals surface area (Å²) >= 11 is 0. The van der Waals surface area contributed by atoms with Gasteiger partial charge in [-0.1, -0.05) is 49.8 Å². The lowest BCUT2D eigenvalue weighted by Gasteiger charge is -2.28. The second-order valence-corrected chi connectivity index (χ2v) is 6.75. The molecule has 1 aliphatic rings. The van der Waals surface area contributed by atoms with Crippen LogP contribution >= 0.6 is 0 Å². The molecule has 0 unspecified atom stereocenters. The SMILES string of the molecule is CCCc1ccc(C2CCC(C/C=C/CCCF)CC2)cc1. The van der Waals surface area contributed by atoms with Crippen molar-refractivity contribution in [1.29, 1.82) is 0 Å². The van der Waals surface area contributed by atoms with Crippen LogP contribution in [0.4, 0.5) is 4.39 Å². The smallest absolute Gasteiger partial charge is 0.0897 e. The maximum Gasteiger partial charge on any atom is 0.0897 e. The molecular formula is C21H31F. The summed E-state index contributed by atoms with van der Waals surface area (Å²) in [6.07, 6.45) is 15.0. The molecule has 0 amide bonds. The van der Waals surface area contributed by atoms with E-state index in [9.17, 15) is 4.39 Å². The number of allylic oxidation sites excluding steroid dienone is 2. The first-order valence-electron chi connectivity index (χ1n) is 9.13. The van der Waals surface area contributed by atoms with Gasteiger partial charge < -0.3 is 0 Å².